The van der Waals surface area contributed by atoms with Gasteiger partial charge in [-0.25, -0.2) is 0 Å². The predicted molar refractivity (Wildman–Crippen MR) is 97.4 cm³/mol. The van der Waals surface area contributed by atoms with Crippen LogP contribution in [0.2, 0.25) is 0 Å². The van der Waals surface area contributed by atoms with Gasteiger partial charge in [0.1, 0.15) is 6.04 Å². The number of piperidine rings is 2. The smallest absolute Gasteiger partial charge is 0.255 e. The molecule has 3 aliphatic heterocycles. The molecular formula is C20H24N4O3. The quantitative estimate of drug-likeness (QED) is 0.742. The van der Waals surface area contributed by atoms with Gasteiger partial charge in [0.05, 0.1) is 0 Å². The Labute approximate surface area is 157 Å². The highest BCUT2D eigenvalue weighted by Crippen LogP contribution is 2.57. The van der Waals surface area contributed by atoms with Gasteiger partial charge >= 0.3 is 0 Å². The number of hydrogen-bond donors (Lipinski definition) is 2. The number of carbonyl (C=O) groups is 3. The highest BCUT2D eigenvalue weighted by atomic mass is 16.2. The van der Waals surface area contributed by atoms with Crippen molar-refractivity contribution in [1.29, 1.82) is 0 Å². The normalized spacial score (nSPS) is 32.5. The second kappa shape index (κ2) is 5.87. The summed E-state index contributed by atoms with van der Waals surface area (Å²) >= 11 is 0. The molecular weight excluding hydrogens is 344 g/mol. The zero-order chi connectivity index (χ0) is 18.8. The van der Waals surface area contributed by atoms with Gasteiger partial charge in [0.15, 0.2) is 0 Å². The summed E-state index contributed by atoms with van der Waals surface area (Å²) in [6.45, 7) is 4.25. The molecule has 1 unspecified atom stereocenters. The van der Waals surface area contributed by atoms with Gasteiger partial charge in [0, 0.05) is 38.2 Å². The minimum Gasteiger partial charge on any atom is -0.330 e. The van der Waals surface area contributed by atoms with Crippen molar-refractivity contribution in [2.75, 3.05) is 19.6 Å². The predicted octanol–water partition coefficient (Wildman–Crippen LogP) is 0.228. The first-order chi connectivity index (χ1) is 13.0. The number of rotatable bonds is 4. The van der Waals surface area contributed by atoms with Crippen molar-refractivity contribution >= 4 is 17.7 Å². The maximum atomic E-state index is 12.7. The number of nitrogens with one attached hydrogen (secondary N) is 1. The Morgan fingerprint density at radius 3 is 2.85 bits per heavy atom. The molecule has 7 heteroatoms. The first kappa shape index (κ1) is 16.9. The summed E-state index contributed by atoms with van der Waals surface area (Å²) in [7, 11) is 0. The second-order valence-electron chi connectivity index (χ2n) is 8.53. The molecule has 3 amide bonds. The first-order valence-electron chi connectivity index (χ1n) is 9.68. The van der Waals surface area contributed by atoms with Crippen LogP contribution in [0.3, 0.4) is 0 Å². The lowest BCUT2D eigenvalue weighted by molar-refractivity contribution is -0.136. The van der Waals surface area contributed by atoms with Crippen molar-refractivity contribution in [3.8, 4) is 0 Å². The largest absolute Gasteiger partial charge is 0.330 e. The molecule has 4 aliphatic rings. The number of hydrogen-bond acceptors (Lipinski definition) is 5. The zero-order valence-electron chi connectivity index (χ0n) is 15.2. The van der Waals surface area contributed by atoms with Gasteiger partial charge in [0.25, 0.3) is 5.91 Å². The molecule has 2 saturated heterocycles. The van der Waals surface area contributed by atoms with E-state index in [0.29, 0.717) is 23.9 Å². The zero-order valence-corrected chi connectivity index (χ0v) is 15.2. The number of nitrogens with zero attached hydrogens (tertiary/aromatic N) is 2. The fraction of sp³-hybridized carbons (Fsp3) is 0.550. The van der Waals surface area contributed by atoms with Gasteiger partial charge in [-0.3, -0.25) is 24.6 Å². The van der Waals surface area contributed by atoms with Gasteiger partial charge in [-0.2, -0.15) is 0 Å². The molecule has 0 spiro atoms. The minimum atomic E-state index is -0.554. The van der Waals surface area contributed by atoms with Crippen LogP contribution in [0, 0.1) is 11.3 Å². The Kier molecular flexibility index (Phi) is 3.67. The van der Waals surface area contributed by atoms with Crippen LogP contribution in [0.5, 0.6) is 0 Å². The lowest BCUT2D eigenvalue weighted by Gasteiger charge is -2.29. The summed E-state index contributed by atoms with van der Waals surface area (Å²) < 4.78 is 0. The summed E-state index contributed by atoms with van der Waals surface area (Å²) in [6, 6.07) is 5.44. The van der Waals surface area contributed by atoms with E-state index in [0.717, 1.165) is 37.7 Å². The molecule has 0 bridgehead atoms. The van der Waals surface area contributed by atoms with Gasteiger partial charge in [0.2, 0.25) is 11.8 Å². The van der Waals surface area contributed by atoms with Crippen LogP contribution < -0.4 is 11.1 Å². The van der Waals surface area contributed by atoms with Crippen LogP contribution in [0.25, 0.3) is 0 Å². The molecule has 0 radical (unpaired) electrons. The third kappa shape index (κ3) is 2.68. The van der Waals surface area contributed by atoms with Crippen molar-refractivity contribution in [3.63, 3.8) is 0 Å². The summed E-state index contributed by atoms with van der Waals surface area (Å²) in [6.07, 6.45) is 1.94. The highest BCUT2D eigenvalue weighted by Gasteiger charge is 2.58. The number of fused-ring (bicyclic) bond motifs is 2. The Hall–Kier alpha value is -2.25. The maximum Gasteiger partial charge on any atom is 0.255 e. The van der Waals surface area contributed by atoms with Gasteiger partial charge in [-0.05, 0) is 47.9 Å². The summed E-state index contributed by atoms with van der Waals surface area (Å²) in [4.78, 5) is 40.3. The molecule has 1 aromatic rings. The SMILES string of the molecule is NC[C@]12C[C@H]1CN(Cc1ccc3c(c1)CN(C1CCC(=O)NC1=O)C3=O)C2. The molecule has 5 rings (SSSR count). The fourth-order valence-corrected chi connectivity index (χ4v) is 5.12. The Bertz CT molecular complexity index is 850. The van der Waals surface area contributed by atoms with Crippen molar-refractivity contribution < 1.29 is 14.4 Å². The van der Waals surface area contributed by atoms with Crippen molar-refractivity contribution in [2.24, 2.45) is 17.1 Å². The summed E-state index contributed by atoms with van der Waals surface area (Å²) in [5, 5.41) is 2.34. The Balaban J connectivity index is 1.29. The number of nitrogens with two attached hydrogens (primary N) is 1. The van der Waals surface area contributed by atoms with Crippen LogP contribution in [0.1, 0.15) is 40.7 Å². The number of benzene rings is 1. The van der Waals surface area contributed by atoms with Crippen LogP contribution in [-0.4, -0.2) is 53.2 Å². The van der Waals surface area contributed by atoms with Crippen LogP contribution >= 0.6 is 0 Å². The molecule has 7 nitrogen and oxygen atoms in total. The minimum absolute atomic E-state index is 0.115. The summed E-state index contributed by atoms with van der Waals surface area (Å²) in [5.74, 6) is 0.00897. The van der Waals surface area contributed by atoms with Crippen molar-refractivity contribution in [1.82, 2.24) is 15.1 Å². The first-order valence-corrected chi connectivity index (χ1v) is 9.68. The average Bonchev–Trinajstić information content (AvgIpc) is 3.05. The van der Waals surface area contributed by atoms with E-state index < -0.39 is 6.04 Å². The molecule has 1 saturated carbocycles. The van der Waals surface area contributed by atoms with E-state index in [9.17, 15) is 14.4 Å². The molecule has 0 aromatic heterocycles. The maximum absolute atomic E-state index is 12.7. The van der Waals surface area contributed by atoms with Crippen molar-refractivity contribution in [2.45, 2.75) is 38.4 Å². The molecule has 142 valence electrons. The van der Waals surface area contributed by atoms with Crippen LogP contribution in [0.15, 0.2) is 18.2 Å². The molecule has 3 fully saturated rings. The van der Waals surface area contributed by atoms with E-state index >= 15 is 0 Å². The Morgan fingerprint density at radius 2 is 2.11 bits per heavy atom. The number of carbonyl (C=O) groups excluding carboxylic acids is 3. The number of imide groups is 1. The molecule has 1 aliphatic carbocycles. The van der Waals surface area contributed by atoms with Gasteiger partial charge in [-0.15, -0.1) is 0 Å². The van der Waals surface area contributed by atoms with E-state index in [2.05, 4.69) is 16.3 Å². The molecule has 1 aromatic carbocycles. The van der Waals surface area contributed by atoms with Crippen LogP contribution in [-0.2, 0) is 22.7 Å². The standard InChI is InChI=1S/C20H24N4O3/c21-10-20-6-14(20)9-23(11-20)7-12-1-2-15-13(5-12)8-24(19(15)27)16-3-4-17(25)22-18(16)26/h1-2,5,14,16H,3-4,6-11,21H2,(H,22,25,26)/t14-,16?,20-/m0/s1. The van der Waals surface area contributed by atoms with E-state index in [1.54, 1.807) is 4.90 Å². The number of likely N-dealkylation sites (tertiary alicyclic amines) is 1. The second-order valence-corrected chi connectivity index (χ2v) is 8.53. The number of amides is 3. The third-order valence-corrected chi connectivity index (χ3v) is 6.78. The Morgan fingerprint density at radius 1 is 1.26 bits per heavy atom. The average molecular weight is 368 g/mol. The highest BCUT2D eigenvalue weighted by molar-refractivity contribution is 6.05. The molecule has 27 heavy (non-hydrogen) atoms. The van der Waals surface area contributed by atoms with E-state index in [4.69, 9.17) is 5.73 Å². The van der Waals surface area contributed by atoms with Crippen LogP contribution in [0.4, 0.5) is 0 Å². The van der Waals surface area contributed by atoms with Crippen molar-refractivity contribution in [3.05, 3.63) is 34.9 Å². The fourth-order valence-electron chi connectivity index (χ4n) is 5.12. The van der Waals surface area contributed by atoms with E-state index in [-0.39, 0.29) is 24.1 Å². The lowest BCUT2D eigenvalue weighted by Crippen LogP contribution is -2.52. The summed E-state index contributed by atoms with van der Waals surface area (Å²) in [5.41, 5.74) is 9.13. The lowest BCUT2D eigenvalue weighted by atomic mass is 10.0. The van der Waals surface area contributed by atoms with E-state index in [1.165, 1.54) is 12.0 Å². The topological polar surface area (TPSA) is 95.7 Å². The van der Waals surface area contributed by atoms with Gasteiger partial charge in [-0.1, -0.05) is 12.1 Å². The van der Waals surface area contributed by atoms with E-state index in [1.807, 2.05) is 12.1 Å². The molecule has 3 atom stereocenters. The third-order valence-electron chi connectivity index (χ3n) is 6.78. The van der Waals surface area contributed by atoms with Gasteiger partial charge < -0.3 is 10.6 Å². The molecule has 3 heterocycles. The molecule has 3 N–H and O–H groups in total. The monoisotopic (exact) mass is 368 g/mol.